The number of rotatable bonds is 3. The summed E-state index contributed by atoms with van der Waals surface area (Å²) >= 11 is 11.5. The molecule has 0 heterocycles. The number of phenols is 1. The number of hydrogen-bond acceptors (Lipinski definition) is 2. The molecule has 0 bridgehead atoms. The second kappa shape index (κ2) is 5.94. The number of halogens is 2. The summed E-state index contributed by atoms with van der Waals surface area (Å²) in [5, 5.41) is 12.2. The van der Waals surface area contributed by atoms with Gasteiger partial charge in [-0.25, -0.2) is 0 Å². The van der Waals surface area contributed by atoms with Gasteiger partial charge in [0.2, 0.25) is 0 Å². The van der Waals surface area contributed by atoms with Crippen LogP contribution in [0.3, 0.4) is 0 Å². The van der Waals surface area contributed by atoms with Gasteiger partial charge in [0, 0.05) is 11.3 Å². The molecular weight excluding hydrogens is 261 g/mol. The smallest absolute Gasteiger partial charge is 0.250 e. The third-order valence-corrected chi connectivity index (χ3v) is 2.72. The summed E-state index contributed by atoms with van der Waals surface area (Å²) in [5.41, 5.74) is 1.07. The summed E-state index contributed by atoms with van der Waals surface area (Å²) in [4.78, 5) is 11.7. The molecule has 92 valence electrons. The Labute approximate surface area is 110 Å². The van der Waals surface area contributed by atoms with E-state index in [1.165, 1.54) is 12.1 Å². The van der Waals surface area contributed by atoms with E-state index in [-0.39, 0.29) is 21.7 Å². The molecule has 2 N–H and O–H groups in total. The molecule has 0 unspecified atom stereocenters. The number of amides is 1. The van der Waals surface area contributed by atoms with Crippen LogP contribution in [0.1, 0.15) is 20.3 Å². The number of hydrogen-bond donors (Lipinski definition) is 2. The zero-order chi connectivity index (χ0) is 13.0. The molecule has 0 saturated carbocycles. The SMILES string of the molecule is CC/C=C(/C)C(=O)Nc1cc(Cl)c(O)c(Cl)c1. The molecule has 0 spiro atoms. The van der Waals surface area contributed by atoms with Crippen LogP contribution in [0.15, 0.2) is 23.8 Å². The molecule has 0 fully saturated rings. The average Bonchev–Trinajstić information content (AvgIpc) is 2.26. The van der Waals surface area contributed by atoms with Crippen LogP contribution in [-0.2, 0) is 4.79 Å². The maximum absolute atomic E-state index is 11.7. The van der Waals surface area contributed by atoms with Crippen molar-refractivity contribution in [1.82, 2.24) is 0 Å². The first-order valence-corrected chi connectivity index (χ1v) is 5.87. The van der Waals surface area contributed by atoms with Crippen molar-refractivity contribution in [3.8, 4) is 5.75 Å². The Hall–Kier alpha value is -1.19. The van der Waals surface area contributed by atoms with Crippen molar-refractivity contribution in [1.29, 1.82) is 0 Å². The zero-order valence-corrected chi connectivity index (χ0v) is 11.1. The lowest BCUT2D eigenvalue weighted by molar-refractivity contribution is -0.112. The van der Waals surface area contributed by atoms with Crippen molar-refractivity contribution in [2.24, 2.45) is 0 Å². The number of carbonyl (C=O) groups excluding carboxylic acids is 1. The van der Waals surface area contributed by atoms with Crippen molar-refractivity contribution in [2.45, 2.75) is 20.3 Å². The highest BCUT2D eigenvalue weighted by atomic mass is 35.5. The maximum atomic E-state index is 11.7. The van der Waals surface area contributed by atoms with Crippen molar-refractivity contribution < 1.29 is 9.90 Å². The van der Waals surface area contributed by atoms with E-state index in [9.17, 15) is 9.90 Å². The van der Waals surface area contributed by atoms with Gasteiger partial charge in [-0.15, -0.1) is 0 Å². The summed E-state index contributed by atoms with van der Waals surface area (Å²) < 4.78 is 0. The van der Waals surface area contributed by atoms with Crippen LogP contribution in [0.2, 0.25) is 10.0 Å². The second-order valence-corrected chi connectivity index (χ2v) is 4.35. The Morgan fingerprint density at radius 2 is 1.94 bits per heavy atom. The Kier molecular flexibility index (Phi) is 4.85. The van der Waals surface area contributed by atoms with Gasteiger partial charge in [-0.05, 0) is 25.5 Å². The molecule has 0 aliphatic rings. The first-order valence-electron chi connectivity index (χ1n) is 5.11. The van der Waals surface area contributed by atoms with Crippen LogP contribution in [0.25, 0.3) is 0 Å². The molecule has 0 atom stereocenters. The average molecular weight is 274 g/mol. The largest absolute Gasteiger partial charge is 0.505 e. The standard InChI is InChI=1S/C12H13Cl2NO2/c1-3-4-7(2)12(17)15-8-5-9(13)11(16)10(14)6-8/h4-6,16H,3H2,1-2H3,(H,15,17)/b7-4-. The van der Waals surface area contributed by atoms with Crippen LogP contribution >= 0.6 is 23.2 Å². The molecule has 17 heavy (non-hydrogen) atoms. The van der Waals surface area contributed by atoms with Gasteiger partial charge in [0.15, 0.2) is 5.75 Å². The van der Waals surface area contributed by atoms with E-state index in [2.05, 4.69) is 5.32 Å². The van der Waals surface area contributed by atoms with E-state index in [4.69, 9.17) is 23.2 Å². The van der Waals surface area contributed by atoms with Crippen molar-refractivity contribution in [3.05, 3.63) is 33.8 Å². The minimum atomic E-state index is -0.218. The van der Waals surface area contributed by atoms with Gasteiger partial charge in [0.25, 0.3) is 5.91 Å². The number of benzene rings is 1. The van der Waals surface area contributed by atoms with E-state index >= 15 is 0 Å². The second-order valence-electron chi connectivity index (χ2n) is 3.54. The molecule has 0 aliphatic carbocycles. The quantitative estimate of drug-likeness (QED) is 0.646. The van der Waals surface area contributed by atoms with Crippen LogP contribution < -0.4 is 5.32 Å². The van der Waals surface area contributed by atoms with Gasteiger partial charge in [-0.3, -0.25) is 4.79 Å². The summed E-state index contributed by atoms with van der Waals surface area (Å²) in [6, 6.07) is 2.89. The molecule has 0 radical (unpaired) electrons. The Morgan fingerprint density at radius 1 is 1.41 bits per heavy atom. The number of anilines is 1. The molecule has 3 nitrogen and oxygen atoms in total. The summed E-state index contributed by atoms with van der Waals surface area (Å²) in [7, 11) is 0. The Morgan fingerprint density at radius 3 is 2.41 bits per heavy atom. The highest BCUT2D eigenvalue weighted by Crippen LogP contribution is 2.34. The molecule has 1 amide bonds. The third-order valence-electron chi connectivity index (χ3n) is 2.14. The summed E-state index contributed by atoms with van der Waals surface area (Å²) in [5.74, 6) is -0.406. The lowest BCUT2D eigenvalue weighted by Crippen LogP contribution is -2.12. The predicted molar refractivity (Wildman–Crippen MR) is 70.8 cm³/mol. The van der Waals surface area contributed by atoms with Gasteiger partial charge >= 0.3 is 0 Å². The predicted octanol–water partition coefficient (Wildman–Crippen LogP) is 3.99. The normalized spacial score (nSPS) is 11.4. The third kappa shape index (κ3) is 3.65. The highest BCUT2D eigenvalue weighted by molar-refractivity contribution is 6.37. The number of nitrogens with one attached hydrogen (secondary N) is 1. The van der Waals surface area contributed by atoms with Crippen molar-refractivity contribution in [3.63, 3.8) is 0 Å². The van der Waals surface area contributed by atoms with Crippen molar-refractivity contribution >= 4 is 34.8 Å². The van der Waals surface area contributed by atoms with E-state index in [1.54, 1.807) is 6.92 Å². The fourth-order valence-corrected chi connectivity index (χ4v) is 1.75. The lowest BCUT2D eigenvalue weighted by atomic mass is 10.2. The number of phenolic OH excluding ortho intramolecular Hbond substituents is 1. The first-order chi connectivity index (χ1) is 7.95. The zero-order valence-electron chi connectivity index (χ0n) is 9.55. The molecule has 1 aromatic carbocycles. The molecule has 1 rings (SSSR count). The van der Waals surface area contributed by atoms with E-state index in [1.807, 2.05) is 13.0 Å². The van der Waals surface area contributed by atoms with Gasteiger partial charge < -0.3 is 10.4 Å². The molecule has 0 saturated heterocycles. The van der Waals surface area contributed by atoms with Gasteiger partial charge in [0.05, 0.1) is 10.0 Å². The van der Waals surface area contributed by atoms with Gasteiger partial charge in [-0.2, -0.15) is 0 Å². The monoisotopic (exact) mass is 273 g/mol. The van der Waals surface area contributed by atoms with E-state index < -0.39 is 0 Å². The highest BCUT2D eigenvalue weighted by Gasteiger charge is 2.09. The number of aromatic hydroxyl groups is 1. The maximum Gasteiger partial charge on any atom is 0.250 e. The Bertz CT molecular complexity index is 447. The summed E-state index contributed by atoms with van der Waals surface area (Å²) in [6.07, 6.45) is 2.61. The Balaban J connectivity index is 2.90. The molecule has 1 aromatic rings. The van der Waals surface area contributed by atoms with Crippen molar-refractivity contribution in [2.75, 3.05) is 5.32 Å². The minimum Gasteiger partial charge on any atom is -0.505 e. The molecule has 5 heteroatoms. The van der Waals surface area contributed by atoms with Crippen LogP contribution in [0, 0.1) is 0 Å². The van der Waals surface area contributed by atoms with E-state index in [0.717, 1.165) is 6.42 Å². The summed E-state index contributed by atoms with van der Waals surface area (Å²) in [6.45, 7) is 3.67. The minimum absolute atomic E-state index is 0.102. The number of allylic oxidation sites excluding steroid dienone is 1. The topological polar surface area (TPSA) is 49.3 Å². The fourth-order valence-electron chi connectivity index (χ4n) is 1.27. The molecule has 0 aromatic heterocycles. The van der Waals surface area contributed by atoms with E-state index in [0.29, 0.717) is 11.3 Å². The van der Waals surface area contributed by atoms with Gasteiger partial charge in [0.1, 0.15) is 0 Å². The van der Waals surface area contributed by atoms with Crippen LogP contribution in [0.4, 0.5) is 5.69 Å². The fraction of sp³-hybridized carbons (Fsp3) is 0.250. The van der Waals surface area contributed by atoms with Crippen LogP contribution in [0.5, 0.6) is 5.75 Å². The lowest BCUT2D eigenvalue weighted by Gasteiger charge is -2.08. The molecular formula is C12H13Cl2NO2. The molecule has 0 aliphatic heterocycles. The van der Waals surface area contributed by atoms with Crippen LogP contribution in [-0.4, -0.2) is 11.0 Å². The first kappa shape index (κ1) is 13.9. The van der Waals surface area contributed by atoms with Gasteiger partial charge in [-0.1, -0.05) is 36.2 Å². The number of carbonyl (C=O) groups is 1.